The van der Waals surface area contributed by atoms with Gasteiger partial charge in [-0.3, -0.25) is 0 Å². The molecule has 0 bridgehead atoms. The smallest absolute Gasteiger partial charge is 0.0700 e. The van der Waals surface area contributed by atoms with E-state index in [4.69, 9.17) is 9.47 Å². The molecule has 0 aromatic rings. The van der Waals surface area contributed by atoms with Crippen LogP contribution in [0.5, 0.6) is 0 Å². The monoisotopic (exact) mass is 224 g/mol. The Balaban J connectivity index is 2.84. The topological polar surface area (TPSA) is 18.5 Å². The van der Waals surface area contributed by atoms with Gasteiger partial charge in [-0.2, -0.15) is 24.4 Å². The van der Waals surface area contributed by atoms with Crippen molar-refractivity contribution < 1.29 is 9.47 Å². The molecule has 0 unspecified atom stereocenters. The van der Waals surface area contributed by atoms with Crippen LogP contribution in [0.25, 0.3) is 0 Å². The molecule has 0 spiro atoms. The van der Waals surface area contributed by atoms with Crippen molar-refractivity contribution in [1.82, 2.24) is 0 Å². The molecule has 0 aliphatic heterocycles. The van der Waals surface area contributed by atoms with Gasteiger partial charge in [-0.05, 0) is 5.25 Å². The van der Waals surface area contributed by atoms with E-state index >= 15 is 0 Å². The molecule has 0 N–H and O–H groups in total. The quantitative estimate of drug-likeness (QED) is 0.478. The molecule has 4 heteroatoms. The molecule has 0 aromatic carbocycles. The number of thioether (sulfide) groups is 1. The third kappa shape index (κ3) is 12.6. The average molecular weight is 224 g/mol. The number of rotatable bonds is 9. The molecule has 0 heterocycles. The lowest BCUT2D eigenvalue weighted by molar-refractivity contribution is 0.0605. The number of thiol groups is 1. The van der Waals surface area contributed by atoms with Gasteiger partial charge in [-0.15, -0.1) is 0 Å². The molecule has 0 saturated heterocycles. The molecule has 0 atom stereocenters. The molecule has 0 fully saturated rings. The minimum atomic E-state index is 0.687. The maximum atomic E-state index is 5.36. The highest BCUT2D eigenvalue weighted by Crippen LogP contribution is 2.07. The third-order valence-electron chi connectivity index (χ3n) is 1.29. The van der Waals surface area contributed by atoms with Crippen LogP contribution >= 0.6 is 24.4 Å². The van der Waals surface area contributed by atoms with Crippen molar-refractivity contribution in [1.29, 1.82) is 0 Å². The van der Waals surface area contributed by atoms with Crippen molar-refractivity contribution in [2.45, 2.75) is 19.1 Å². The summed E-state index contributed by atoms with van der Waals surface area (Å²) in [5.41, 5.74) is 0. The van der Waals surface area contributed by atoms with E-state index in [1.165, 1.54) is 0 Å². The summed E-state index contributed by atoms with van der Waals surface area (Å²) < 4.78 is 10.6. The van der Waals surface area contributed by atoms with E-state index in [2.05, 4.69) is 26.5 Å². The summed E-state index contributed by atoms with van der Waals surface area (Å²) in [6, 6.07) is 0. The first kappa shape index (κ1) is 13.6. The maximum absolute atomic E-state index is 5.36. The zero-order valence-corrected chi connectivity index (χ0v) is 10.2. The molecule has 0 rings (SSSR count). The lowest BCUT2D eigenvalue weighted by Crippen LogP contribution is -2.08. The van der Waals surface area contributed by atoms with Gasteiger partial charge in [0.2, 0.25) is 0 Å². The summed E-state index contributed by atoms with van der Waals surface area (Å²) in [6.07, 6.45) is 0. The molecule has 0 radical (unpaired) electrons. The second-order valence-corrected chi connectivity index (χ2v) is 5.00. The van der Waals surface area contributed by atoms with Crippen molar-refractivity contribution in [2.24, 2.45) is 0 Å². The Bertz CT molecular complexity index is 99.6. The van der Waals surface area contributed by atoms with E-state index in [-0.39, 0.29) is 0 Å². The summed E-state index contributed by atoms with van der Waals surface area (Å²) in [6.45, 7) is 7.32. The standard InChI is InChI=1S/C9H20O2S2/c1-9(2)13-8-6-11-4-3-10-5-7-12/h9,12H,3-8H2,1-2H3. The lowest BCUT2D eigenvalue weighted by atomic mass is 10.6. The number of ether oxygens (including phenoxy) is 2. The Hall–Kier alpha value is 0.620. The van der Waals surface area contributed by atoms with E-state index in [0.717, 1.165) is 18.1 Å². The molecule has 0 aliphatic rings. The van der Waals surface area contributed by atoms with E-state index in [1.807, 2.05) is 11.8 Å². The highest BCUT2D eigenvalue weighted by molar-refractivity contribution is 7.99. The molecule has 0 amide bonds. The van der Waals surface area contributed by atoms with Gasteiger partial charge in [0, 0.05) is 11.5 Å². The molecular weight excluding hydrogens is 204 g/mol. The highest BCUT2D eigenvalue weighted by Gasteiger charge is 1.93. The van der Waals surface area contributed by atoms with Crippen molar-refractivity contribution in [3.63, 3.8) is 0 Å². The van der Waals surface area contributed by atoms with Crippen LogP contribution in [-0.2, 0) is 9.47 Å². The minimum absolute atomic E-state index is 0.687. The van der Waals surface area contributed by atoms with E-state index < -0.39 is 0 Å². The van der Waals surface area contributed by atoms with Gasteiger partial charge in [0.1, 0.15) is 0 Å². The summed E-state index contributed by atoms with van der Waals surface area (Å²) in [4.78, 5) is 0. The zero-order valence-electron chi connectivity index (χ0n) is 8.49. The average Bonchev–Trinajstić information content (AvgIpc) is 2.09. The lowest BCUT2D eigenvalue weighted by Gasteiger charge is -2.06. The molecule has 13 heavy (non-hydrogen) atoms. The fourth-order valence-electron chi connectivity index (χ4n) is 0.729. The molecule has 0 aromatic heterocycles. The normalized spacial score (nSPS) is 11.1. The second kappa shape index (κ2) is 10.7. The summed E-state index contributed by atoms with van der Waals surface area (Å²) in [5, 5.41) is 0.698. The van der Waals surface area contributed by atoms with Crippen LogP contribution in [0.2, 0.25) is 0 Å². The summed E-state index contributed by atoms with van der Waals surface area (Å²) in [7, 11) is 0. The van der Waals surface area contributed by atoms with Gasteiger partial charge in [0.05, 0.1) is 26.4 Å². The van der Waals surface area contributed by atoms with Gasteiger partial charge in [-0.1, -0.05) is 13.8 Å². The van der Waals surface area contributed by atoms with Crippen LogP contribution in [0.15, 0.2) is 0 Å². The SMILES string of the molecule is CC(C)SCCOCCOCCS. The predicted molar refractivity (Wildman–Crippen MR) is 63.1 cm³/mol. The van der Waals surface area contributed by atoms with Crippen molar-refractivity contribution in [3.8, 4) is 0 Å². The summed E-state index contributed by atoms with van der Waals surface area (Å²) >= 11 is 5.95. The Labute approximate surface area is 91.2 Å². The molecule has 0 saturated carbocycles. The molecule has 80 valence electrons. The Morgan fingerprint density at radius 1 is 1.08 bits per heavy atom. The first-order valence-electron chi connectivity index (χ1n) is 4.65. The van der Waals surface area contributed by atoms with Gasteiger partial charge in [0.25, 0.3) is 0 Å². The van der Waals surface area contributed by atoms with Crippen LogP contribution < -0.4 is 0 Å². The van der Waals surface area contributed by atoms with E-state index in [0.29, 0.717) is 25.1 Å². The van der Waals surface area contributed by atoms with Crippen molar-refractivity contribution >= 4 is 24.4 Å². The number of hydrogen-bond acceptors (Lipinski definition) is 4. The first-order chi connectivity index (χ1) is 6.27. The summed E-state index contributed by atoms with van der Waals surface area (Å²) in [5.74, 6) is 1.85. The molecule has 0 aliphatic carbocycles. The zero-order chi connectivity index (χ0) is 9.94. The van der Waals surface area contributed by atoms with Gasteiger partial charge in [0.15, 0.2) is 0 Å². The largest absolute Gasteiger partial charge is 0.378 e. The fraction of sp³-hybridized carbons (Fsp3) is 1.00. The van der Waals surface area contributed by atoms with Gasteiger partial charge in [-0.25, -0.2) is 0 Å². The molecule has 2 nitrogen and oxygen atoms in total. The second-order valence-electron chi connectivity index (χ2n) is 2.87. The fourth-order valence-corrected chi connectivity index (χ4v) is 1.54. The number of hydrogen-bond donors (Lipinski definition) is 1. The first-order valence-corrected chi connectivity index (χ1v) is 6.33. The third-order valence-corrected chi connectivity index (χ3v) is 2.54. The van der Waals surface area contributed by atoms with Gasteiger partial charge < -0.3 is 9.47 Å². The Morgan fingerprint density at radius 2 is 1.69 bits per heavy atom. The minimum Gasteiger partial charge on any atom is -0.378 e. The van der Waals surface area contributed by atoms with Crippen molar-refractivity contribution in [2.75, 3.05) is 37.9 Å². The van der Waals surface area contributed by atoms with Crippen LogP contribution in [0.1, 0.15) is 13.8 Å². The van der Waals surface area contributed by atoms with Crippen LogP contribution in [-0.4, -0.2) is 43.2 Å². The Morgan fingerprint density at radius 3 is 2.23 bits per heavy atom. The van der Waals surface area contributed by atoms with E-state index in [9.17, 15) is 0 Å². The highest BCUT2D eigenvalue weighted by atomic mass is 32.2. The maximum Gasteiger partial charge on any atom is 0.0700 e. The van der Waals surface area contributed by atoms with Crippen LogP contribution in [0, 0.1) is 0 Å². The molecular formula is C9H20O2S2. The van der Waals surface area contributed by atoms with E-state index in [1.54, 1.807) is 0 Å². The van der Waals surface area contributed by atoms with Gasteiger partial charge >= 0.3 is 0 Å². The van der Waals surface area contributed by atoms with Crippen LogP contribution in [0.4, 0.5) is 0 Å². The predicted octanol–water partition coefficient (Wildman–Crippen LogP) is 2.09. The Kier molecular flexibility index (Phi) is 11.2. The van der Waals surface area contributed by atoms with Crippen LogP contribution in [0.3, 0.4) is 0 Å². The van der Waals surface area contributed by atoms with Crippen molar-refractivity contribution in [3.05, 3.63) is 0 Å².